The van der Waals surface area contributed by atoms with Crippen molar-refractivity contribution in [1.82, 2.24) is 5.32 Å². The second-order valence-corrected chi connectivity index (χ2v) is 5.09. The van der Waals surface area contributed by atoms with Crippen molar-refractivity contribution in [2.24, 2.45) is 0 Å². The van der Waals surface area contributed by atoms with Crippen LogP contribution in [0.15, 0.2) is 91.6 Å². The number of anilines is 1. The van der Waals surface area contributed by atoms with Crippen LogP contribution in [0.4, 0.5) is 5.69 Å². The molecule has 0 spiro atoms. The van der Waals surface area contributed by atoms with E-state index in [1.165, 1.54) is 6.08 Å². The summed E-state index contributed by atoms with van der Waals surface area (Å²) in [6.45, 7) is 13.5. The molecule has 0 atom stereocenters. The van der Waals surface area contributed by atoms with Crippen molar-refractivity contribution >= 4 is 18.0 Å². The van der Waals surface area contributed by atoms with Gasteiger partial charge in [-0.25, -0.2) is 0 Å². The fourth-order valence-corrected chi connectivity index (χ4v) is 1.98. The van der Waals surface area contributed by atoms with Gasteiger partial charge in [0.25, 0.3) is 5.91 Å². The molecule has 0 saturated carbocycles. The van der Waals surface area contributed by atoms with E-state index in [1.54, 1.807) is 24.3 Å². The summed E-state index contributed by atoms with van der Waals surface area (Å²) in [5.41, 5.74) is 1.20. The number of para-hydroxylation sites is 3. The van der Waals surface area contributed by atoms with Gasteiger partial charge >= 0.3 is 0 Å². The minimum absolute atomic E-state index is 0.109. The molecule has 2 aromatic carbocycles. The summed E-state index contributed by atoms with van der Waals surface area (Å²) in [7, 11) is 0. The van der Waals surface area contributed by atoms with Crippen LogP contribution in [-0.2, 0) is 9.59 Å². The molecule has 0 aliphatic rings. The average Bonchev–Trinajstić information content (AvgIpc) is 2.76. The van der Waals surface area contributed by atoms with Gasteiger partial charge in [0.15, 0.2) is 5.75 Å². The fourth-order valence-electron chi connectivity index (χ4n) is 1.98. The fraction of sp³-hybridized carbons (Fsp3) is 0.167. The van der Waals surface area contributed by atoms with Crippen LogP contribution in [0, 0.1) is 0 Å². The second-order valence-electron chi connectivity index (χ2n) is 5.09. The number of ether oxygens (including phenoxy) is 1. The molecule has 29 heavy (non-hydrogen) atoms. The lowest BCUT2D eigenvalue weighted by Gasteiger charge is -2.09. The molecule has 2 aromatic rings. The van der Waals surface area contributed by atoms with Gasteiger partial charge < -0.3 is 15.4 Å². The van der Waals surface area contributed by atoms with Gasteiger partial charge in [-0.05, 0) is 31.2 Å². The van der Waals surface area contributed by atoms with E-state index in [9.17, 15) is 9.59 Å². The Bertz CT molecular complexity index is 784. The highest BCUT2D eigenvalue weighted by molar-refractivity contribution is 5.96. The van der Waals surface area contributed by atoms with E-state index in [4.69, 9.17) is 4.74 Å². The molecular formula is C24H30N2O3. The van der Waals surface area contributed by atoms with Gasteiger partial charge in [0, 0.05) is 12.1 Å². The molecule has 0 saturated heterocycles. The summed E-state index contributed by atoms with van der Waals surface area (Å²) in [6.07, 6.45) is 5.32. The third kappa shape index (κ3) is 10.3. The van der Waals surface area contributed by atoms with Crippen molar-refractivity contribution in [1.29, 1.82) is 0 Å². The van der Waals surface area contributed by atoms with Crippen LogP contribution in [0.3, 0.4) is 0 Å². The summed E-state index contributed by atoms with van der Waals surface area (Å²) in [6, 6.07) is 16.7. The Morgan fingerprint density at radius 1 is 1.03 bits per heavy atom. The molecular weight excluding hydrogens is 364 g/mol. The first kappa shape index (κ1) is 25.4. The largest absolute Gasteiger partial charge is 0.455 e. The van der Waals surface area contributed by atoms with Crippen LogP contribution in [0.2, 0.25) is 0 Å². The number of carbonyl (C=O) groups is 2. The predicted octanol–water partition coefficient (Wildman–Crippen LogP) is 5.49. The zero-order valence-electron chi connectivity index (χ0n) is 17.4. The van der Waals surface area contributed by atoms with E-state index in [0.717, 1.165) is 5.75 Å². The van der Waals surface area contributed by atoms with Crippen molar-refractivity contribution in [3.05, 3.63) is 91.6 Å². The molecule has 0 aliphatic carbocycles. The highest BCUT2D eigenvalue weighted by Gasteiger charge is 2.02. The first-order chi connectivity index (χ1) is 14.2. The molecule has 0 bridgehead atoms. The summed E-state index contributed by atoms with van der Waals surface area (Å²) in [5.74, 6) is 1.26. The average molecular weight is 395 g/mol. The zero-order chi connectivity index (χ0) is 21.9. The molecule has 0 aromatic heterocycles. The number of allylic oxidation sites excluding steroid dienone is 2. The highest BCUT2D eigenvalue weighted by Crippen LogP contribution is 2.28. The Morgan fingerprint density at radius 3 is 2.21 bits per heavy atom. The molecule has 5 heteroatoms. The van der Waals surface area contributed by atoms with E-state index >= 15 is 0 Å². The number of hydrogen-bond acceptors (Lipinski definition) is 3. The van der Waals surface area contributed by atoms with Gasteiger partial charge in [0.1, 0.15) is 5.75 Å². The van der Waals surface area contributed by atoms with E-state index < -0.39 is 0 Å². The smallest absolute Gasteiger partial charge is 0.251 e. The number of amides is 2. The van der Waals surface area contributed by atoms with Crippen molar-refractivity contribution < 1.29 is 14.3 Å². The first-order valence-electron chi connectivity index (χ1n) is 9.41. The summed E-state index contributed by atoms with van der Waals surface area (Å²) < 4.78 is 5.64. The van der Waals surface area contributed by atoms with Crippen LogP contribution in [0.5, 0.6) is 11.5 Å². The maximum absolute atomic E-state index is 11.1. The van der Waals surface area contributed by atoms with E-state index in [1.807, 2.05) is 63.2 Å². The molecule has 0 fully saturated rings. The molecule has 2 amide bonds. The van der Waals surface area contributed by atoms with E-state index in [2.05, 4.69) is 23.8 Å². The van der Waals surface area contributed by atoms with Crippen LogP contribution >= 0.6 is 0 Å². The Kier molecular flexibility index (Phi) is 14.5. The van der Waals surface area contributed by atoms with Crippen molar-refractivity contribution in [2.45, 2.75) is 20.8 Å². The van der Waals surface area contributed by atoms with Crippen molar-refractivity contribution in [3.8, 4) is 11.5 Å². The van der Waals surface area contributed by atoms with E-state index in [-0.39, 0.29) is 5.91 Å². The van der Waals surface area contributed by atoms with Gasteiger partial charge in [0.2, 0.25) is 6.41 Å². The first-order valence-corrected chi connectivity index (χ1v) is 9.41. The van der Waals surface area contributed by atoms with Gasteiger partial charge in [-0.3, -0.25) is 9.59 Å². The van der Waals surface area contributed by atoms with Crippen LogP contribution in [0.1, 0.15) is 20.8 Å². The molecule has 2 rings (SSSR count). The lowest BCUT2D eigenvalue weighted by molar-refractivity contribution is -0.117. The standard InChI is InChI=1S/C13H11NO2.C9H13NO.C2H6/c15-10-14-12-8-4-5-9-13(12)16-11-6-2-1-3-7-11;1-4-7-8(5-2)9(11)10-6-3;1-2/h1-10H,(H,14,15);4-5,7H,1-2,6H2,3H3,(H,10,11);1-2H3/b;8-7+;. The Labute approximate surface area is 173 Å². The molecule has 0 radical (unpaired) electrons. The quantitative estimate of drug-likeness (QED) is 0.353. The lowest BCUT2D eigenvalue weighted by Crippen LogP contribution is -2.23. The lowest BCUT2D eigenvalue weighted by atomic mass is 10.2. The van der Waals surface area contributed by atoms with Gasteiger partial charge in [-0.15, -0.1) is 0 Å². The molecule has 0 unspecified atom stereocenters. The number of carbonyl (C=O) groups excluding carboxylic acids is 2. The molecule has 2 N–H and O–H groups in total. The highest BCUT2D eigenvalue weighted by atomic mass is 16.5. The minimum atomic E-state index is -0.109. The number of hydrogen-bond donors (Lipinski definition) is 2. The summed E-state index contributed by atoms with van der Waals surface area (Å²) >= 11 is 0. The SMILES string of the molecule is C=C/C=C(\C=C)C(=O)NCC.CC.O=CNc1ccccc1Oc1ccccc1. The minimum Gasteiger partial charge on any atom is -0.455 e. The van der Waals surface area contributed by atoms with E-state index in [0.29, 0.717) is 30.0 Å². The molecule has 0 heterocycles. The number of nitrogens with one attached hydrogen (secondary N) is 2. The number of rotatable bonds is 8. The third-order valence-electron chi connectivity index (χ3n) is 3.19. The van der Waals surface area contributed by atoms with Crippen LogP contribution < -0.4 is 15.4 Å². The number of benzene rings is 2. The zero-order valence-corrected chi connectivity index (χ0v) is 17.4. The summed E-state index contributed by atoms with van der Waals surface area (Å²) in [4.78, 5) is 21.5. The molecule has 5 nitrogen and oxygen atoms in total. The predicted molar refractivity (Wildman–Crippen MR) is 121 cm³/mol. The van der Waals surface area contributed by atoms with Gasteiger partial charge in [0.05, 0.1) is 5.69 Å². The Balaban J connectivity index is 0.000000532. The monoisotopic (exact) mass is 394 g/mol. The third-order valence-corrected chi connectivity index (χ3v) is 3.19. The van der Waals surface area contributed by atoms with Crippen LogP contribution in [0.25, 0.3) is 0 Å². The molecule has 154 valence electrons. The number of likely N-dealkylation sites (N-methyl/N-ethyl adjacent to an activating group) is 1. The van der Waals surface area contributed by atoms with Gasteiger partial charge in [-0.2, -0.15) is 0 Å². The molecule has 0 aliphatic heterocycles. The Hall–Kier alpha value is -3.60. The topological polar surface area (TPSA) is 67.4 Å². The van der Waals surface area contributed by atoms with Crippen LogP contribution in [-0.4, -0.2) is 18.9 Å². The second kappa shape index (κ2) is 16.6. The normalized spacial score (nSPS) is 9.41. The maximum atomic E-state index is 11.1. The Morgan fingerprint density at radius 2 is 1.66 bits per heavy atom. The maximum Gasteiger partial charge on any atom is 0.251 e. The van der Waals surface area contributed by atoms with Crippen molar-refractivity contribution in [2.75, 3.05) is 11.9 Å². The van der Waals surface area contributed by atoms with Gasteiger partial charge in [-0.1, -0.05) is 75.6 Å². The van der Waals surface area contributed by atoms with Crippen molar-refractivity contribution in [3.63, 3.8) is 0 Å². The summed E-state index contributed by atoms with van der Waals surface area (Å²) in [5, 5.41) is 5.25.